The van der Waals surface area contributed by atoms with Crippen LogP contribution in [0.15, 0.2) is 53.7 Å². The smallest absolute Gasteiger partial charge is 0.305 e. The number of esters is 1. The average Bonchev–Trinajstić information content (AvgIpc) is 3.09. The molecular formula is C19H22ClNO4. The van der Waals surface area contributed by atoms with Crippen LogP contribution in [0.5, 0.6) is 0 Å². The third-order valence-electron chi connectivity index (χ3n) is 3.54. The standard InChI is InChI=1S/C19H22ClNO4/c1-3-7-16(11-10-15-8-5-4-6-9-15)25-19(24-14(2)22)17-13-23-18(12-20)21-17/h3-6,8-9,13,16,19H,1,7,10-12H2,2H3. The van der Waals surface area contributed by atoms with Gasteiger partial charge in [0.1, 0.15) is 12.0 Å². The quantitative estimate of drug-likeness (QED) is 0.268. The summed E-state index contributed by atoms with van der Waals surface area (Å²) in [6.45, 7) is 5.10. The molecule has 1 aromatic carbocycles. The molecule has 0 amide bonds. The zero-order valence-corrected chi connectivity index (χ0v) is 14.9. The molecule has 25 heavy (non-hydrogen) atoms. The molecule has 0 bridgehead atoms. The molecule has 2 atom stereocenters. The molecule has 0 N–H and O–H groups in total. The van der Waals surface area contributed by atoms with E-state index in [1.54, 1.807) is 6.08 Å². The molecular weight excluding hydrogens is 342 g/mol. The first-order chi connectivity index (χ1) is 12.1. The van der Waals surface area contributed by atoms with E-state index in [9.17, 15) is 4.79 Å². The maximum atomic E-state index is 11.4. The van der Waals surface area contributed by atoms with Crippen molar-refractivity contribution in [1.29, 1.82) is 0 Å². The topological polar surface area (TPSA) is 61.6 Å². The fraction of sp³-hybridized carbons (Fsp3) is 0.368. The summed E-state index contributed by atoms with van der Waals surface area (Å²) in [5.41, 5.74) is 1.61. The van der Waals surface area contributed by atoms with Gasteiger partial charge in [-0.2, -0.15) is 0 Å². The molecule has 0 fully saturated rings. The molecule has 134 valence electrons. The lowest BCUT2D eigenvalue weighted by Crippen LogP contribution is -2.21. The Kier molecular flexibility index (Phi) is 7.70. The first kappa shape index (κ1) is 19.2. The van der Waals surface area contributed by atoms with E-state index >= 15 is 0 Å². The monoisotopic (exact) mass is 363 g/mol. The highest BCUT2D eigenvalue weighted by Gasteiger charge is 2.24. The Bertz CT molecular complexity index is 671. The van der Waals surface area contributed by atoms with E-state index in [0.29, 0.717) is 18.0 Å². The fourth-order valence-electron chi connectivity index (χ4n) is 2.38. The van der Waals surface area contributed by atoms with Crippen molar-refractivity contribution in [3.63, 3.8) is 0 Å². The van der Waals surface area contributed by atoms with Crippen molar-refractivity contribution in [2.45, 2.75) is 44.5 Å². The van der Waals surface area contributed by atoms with Crippen LogP contribution in [-0.4, -0.2) is 17.1 Å². The molecule has 0 aliphatic heterocycles. The average molecular weight is 364 g/mol. The Morgan fingerprint density at radius 2 is 2.16 bits per heavy atom. The van der Waals surface area contributed by atoms with Gasteiger partial charge in [-0.1, -0.05) is 36.4 Å². The molecule has 1 aromatic heterocycles. The van der Waals surface area contributed by atoms with Gasteiger partial charge in [0.05, 0.1) is 12.0 Å². The summed E-state index contributed by atoms with van der Waals surface area (Å²) in [7, 11) is 0. The fourth-order valence-corrected chi connectivity index (χ4v) is 2.50. The maximum Gasteiger partial charge on any atom is 0.305 e. The molecule has 0 saturated carbocycles. The number of rotatable bonds is 10. The van der Waals surface area contributed by atoms with Crippen LogP contribution >= 0.6 is 11.6 Å². The van der Waals surface area contributed by atoms with Crippen LogP contribution in [-0.2, 0) is 26.6 Å². The summed E-state index contributed by atoms with van der Waals surface area (Å²) in [5, 5.41) is 0. The number of ether oxygens (including phenoxy) is 2. The molecule has 2 rings (SSSR count). The van der Waals surface area contributed by atoms with Crippen molar-refractivity contribution in [3.05, 3.63) is 66.4 Å². The third-order valence-corrected chi connectivity index (χ3v) is 3.77. The Morgan fingerprint density at radius 1 is 1.40 bits per heavy atom. The van der Waals surface area contributed by atoms with E-state index < -0.39 is 12.3 Å². The van der Waals surface area contributed by atoms with E-state index in [0.717, 1.165) is 12.8 Å². The maximum absolute atomic E-state index is 11.4. The highest BCUT2D eigenvalue weighted by molar-refractivity contribution is 6.16. The number of alkyl halides is 1. The number of halogens is 1. The Balaban J connectivity index is 2.05. The van der Waals surface area contributed by atoms with Crippen LogP contribution in [0, 0.1) is 0 Å². The molecule has 0 aliphatic rings. The number of carbonyl (C=O) groups excluding carboxylic acids is 1. The minimum Gasteiger partial charge on any atom is -0.447 e. The van der Waals surface area contributed by atoms with Gasteiger partial charge in [-0.25, -0.2) is 4.98 Å². The van der Waals surface area contributed by atoms with Crippen LogP contribution in [0.2, 0.25) is 0 Å². The second-order valence-corrected chi connectivity index (χ2v) is 5.82. The number of carbonyl (C=O) groups is 1. The van der Waals surface area contributed by atoms with Crippen molar-refractivity contribution in [2.24, 2.45) is 0 Å². The van der Waals surface area contributed by atoms with Gasteiger partial charge in [0.15, 0.2) is 0 Å². The van der Waals surface area contributed by atoms with Gasteiger partial charge < -0.3 is 13.9 Å². The molecule has 2 unspecified atom stereocenters. The summed E-state index contributed by atoms with van der Waals surface area (Å²) in [6.07, 6.45) is 4.31. The second-order valence-electron chi connectivity index (χ2n) is 5.55. The van der Waals surface area contributed by atoms with Gasteiger partial charge in [-0.3, -0.25) is 4.79 Å². The SMILES string of the molecule is C=CCC(CCc1ccccc1)OC(OC(C)=O)c1coc(CCl)n1. The van der Waals surface area contributed by atoms with Crippen LogP contribution < -0.4 is 0 Å². The highest BCUT2D eigenvalue weighted by atomic mass is 35.5. The summed E-state index contributed by atoms with van der Waals surface area (Å²) >= 11 is 5.71. The Morgan fingerprint density at radius 3 is 2.76 bits per heavy atom. The molecule has 1 heterocycles. The van der Waals surface area contributed by atoms with Crippen LogP contribution in [0.4, 0.5) is 0 Å². The van der Waals surface area contributed by atoms with Crippen molar-refractivity contribution in [1.82, 2.24) is 4.98 Å². The zero-order valence-electron chi connectivity index (χ0n) is 14.2. The minimum absolute atomic E-state index is 0.136. The predicted octanol–water partition coefficient (Wildman–Crippen LogP) is 4.57. The minimum atomic E-state index is -0.932. The van der Waals surface area contributed by atoms with Crippen LogP contribution in [0.25, 0.3) is 0 Å². The second kappa shape index (κ2) is 10.0. The number of hydrogen-bond donors (Lipinski definition) is 0. The van der Waals surface area contributed by atoms with Gasteiger partial charge in [-0.05, 0) is 24.8 Å². The van der Waals surface area contributed by atoms with E-state index in [1.807, 2.05) is 18.2 Å². The summed E-state index contributed by atoms with van der Waals surface area (Å²) in [5.74, 6) is 0.0273. The number of nitrogens with zero attached hydrogens (tertiary/aromatic N) is 1. The van der Waals surface area contributed by atoms with Crippen molar-refractivity contribution in [2.75, 3.05) is 0 Å². The molecule has 5 nitrogen and oxygen atoms in total. The molecule has 6 heteroatoms. The lowest BCUT2D eigenvalue weighted by Gasteiger charge is -2.22. The molecule has 0 aliphatic carbocycles. The van der Waals surface area contributed by atoms with Crippen molar-refractivity contribution in [3.8, 4) is 0 Å². The Hall–Kier alpha value is -2.11. The lowest BCUT2D eigenvalue weighted by molar-refractivity contribution is -0.192. The number of benzene rings is 1. The number of aryl methyl sites for hydroxylation is 1. The first-order valence-electron chi connectivity index (χ1n) is 8.10. The normalized spacial score (nSPS) is 13.2. The first-order valence-corrected chi connectivity index (χ1v) is 8.63. The third kappa shape index (κ3) is 6.36. The van der Waals surface area contributed by atoms with Gasteiger partial charge in [0.2, 0.25) is 12.2 Å². The molecule has 0 spiro atoms. The van der Waals surface area contributed by atoms with Gasteiger partial charge >= 0.3 is 5.97 Å². The Labute approximate surface area is 152 Å². The van der Waals surface area contributed by atoms with E-state index in [4.69, 9.17) is 25.5 Å². The molecule has 0 saturated heterocycles. The molecule has 0 radical (unpaired) electrons. The number of oxazole rings is 1. The summed E-state index contributed by atoms with van der Waals surface area (Å²) < 4.78 is 16.5. The van der Waals surface area contributed by atoms with Crippen molar-refractivity contribution >= 4 is 17.6 Å². The van der Waals surface area contributed by atoms with E-state index in [2.05, 4.69) is 23.7 Å². The van der Waals surface area contributed by atoms with Crippen LogP contribution in [0.1, 0.15) is 43.2 Å². The number of aromatic nitrogens is 1. The zero-order chi connectivity index (χ0) is 18.1. The van der Waals surface area contributed by atoms with Gasteiger partial charge in [0, 0.05) is 6.92 Å². The van der Waals surface area contributed by atoms with Crippen LogP contribution in [0.3, 0.4) is 0 Å². The highest BCUT2D eigenvalue weighted by Crippen LogP contribution is 2.24. The van der Waals surface area contributed by atoms with Gasteiger partial charge in [0.25, 0.3) is 0 Å². The van der Waals surface area contributed by atoms with Gasteiger partial charge in [-0.15, -0.1) is 18.2 Å². The summed E-state index contributed by atoms with van der Waals surface area (Å²) in [6, 6.07) is 10.1. The van der Waals surface area contributed by atoms with E-state index in [-0.39, 0.29) is 12.0 Å². The molecule has 2 aromatic rings. The van der Waals surface area contributed by atoms with E-state index in [1.165, 1.54) is 18.8 Å². The largest absolute Gasteiger partial charge is 0.447 e. The lowest BCUT2D eigenvalue weighted by atomic mass is 10.0. The summed E-state index contributed by atoms with van der Waals surface area (Å²) in [4.78, 5) is 15.6. The van der Waals surface area contributed by atoms with Crippen molar-refractivity contribution < 1.29 is 18.7 Å². The number of hydrogen-bond acceptors (Lipinski definition) is 5. The predicted molar refractivity (Wildman–Crippen MR) is 95.0 cm³/mol.